The van der Waals surface area contributed by atoms with Crippen LogP contribution in [0.4, 0.5) is 0 Å². The number of nitrogens with zero attached hydrogens (tertiary/aromatic N) is 5. The van der Waals surface area contributed by atoms with Crippen molar-refractivity contribution in [1.29, 1.82) is 0 Å². The molecule has 2 heterocycles. The lowest BCUT2D eigenvalue weighted by Crippen LogP contribution is -2.31. The van der Waals surface area contributed by atoms with E-state index in [1.807, 2.05) is 19.0 Å². The van der Waals surface area contributed by atoms with Gasteiger partial charge in [0.05, 0.1) is 39.9 Å². The fourth-order valence-electron chi connectivity index (χ4n) is 4.34. The SMILES string of the molecule is CN(C)Cc1nnc(CN2C(=O)c3ccccc3C2=O)n1-c1c(Cl)cccc1C(=O)c1ccccc1Cl. The summed E-state index contributed by atoms with van der Waals surface area (Å²) in [4.78, 5) is 42.8. The van der Waals surface area contributed by atoms with Gasteiger partial charge in [-0.15, -0.1) is 10.2 Å². The van der Waals surface area contributed by atoms with Gasteiger partial charge in [0.15, 0.2) is 17.4 Å². The minimum Gasteiger partial charge on any atom is -0.302 e. The van der Waals surface area contributed by atoms with Crippen LogP contribution in [0, 0.1) is 0 Å². The van der Waals surface area contributed by atoms with Gasteiger partial charge in [0.25, 0.3) is 11.8 Å². The smallest absolute Gasteiger partial charge is 0.261 e. The number of ketones is 1. The molecule has 0 radical (unpaired) electrons. The van der Waals surface area contributed by atoms with Gasteiger partial charge in [0, 0.05) is 11.1 Å². The fraction of sp³-hybridized carbons (Fsp3) is 0.148. The Kier molecular flexibility index (Phi) is 6.64. The van der Waals surface area contributed by atoms with Crippen molar-refractivity contribution < 1.29 is 14.4 Å². The number of carbonyl (C=O) groups is 3. The van der Waals surface area contributed by atoms with Gasteiger partial charge in [-0.1, -0.05) is 53.5 Å². The number of fused-ring (bicyclic) bond motifs is 1. The Labute approximate surface area is 223 Å². The van der Waals surface area contributed by atoms with E-state index in [0.29, 0.717) is 39.8 Å². The van der Waals surface area contributed by atoms with E-state index in [2.05, 4.69) is 10.2 Å². The molecule has 0 saturated heterocycles. The Morgan fingerprint density at radius 3 is 2.00 bits per heavy atom. The van der Waals surface area contributed by atoms with Crippen molar-refractivity contribution in [1.82, 2.24) is 24.6 Å². The molecule has 2 amide bonds. The molecule has 0 bridgehead atoms. The van der Waals surface area contributed by atoms with E-state index in [4.69, 9.17) is 23.2 Å². The molecular formula is C27H21Cl2N5O3. The van der Waals surface area contributed by atoms with Crippen molar-refractivity contribution in [2.45, 2.75) is 13.1 Å². The second kappa shape index (κ2) is 9.89. The first-order valence-corrected chi connectivity index (χ1v) is 12.1. The van der Waals surface area contributed by atoms with E-state index in [1.54, 1.807) is 71.3 Å². The van der Waals surface area contributed by atoms with E-state index in [-0.39, 0.29) is 28.7 Å². The summed E-state index contributed by atoms with van der Waals surface area (Å²) in [5.41, 5.74) is 1.61. The number of carbonyl (C=O) groups excluding carboxylic acids is 3. The molecule has 0 aliphatic carbocycles. The summed E-state index contributed by atoms with van der Waals surface area (Å²) in [7, 11) is 3.73. The first-order valence-electron chi connectivity index (χ1n) is 11.4. The number of benzene rings is 3. The summed E-state index contributed by atoms with van der Waals surface area (Å²) in [6.07, 6.45) is 0. The number of halogens is 2. The Morgan fingerprint density at radius 2 is 1.35 bits per heavy atom. The minimum atomic E-state index is -0.421. The van der Waals surface area contributed by atoms with Crippen LogP contribution in [0.2, 0.25) is 10.0 Å². The van der Waals surface area contributed by atoms with Gasteiger partial charge in [0.2, 0.25) is 0 Å². The summed E-state index contributed by atoms with van der Waals surface area (Å²) in [5.74, 6) is -0.406. The van der Waals surface area contributed by atoms with Gasteiger partial charge >= 0.3 is 0 Å². The average molecular weight is 534 g/mol. The maximum atomic E-state index is 13.7. The van der Waals surface area contributed by atoms with Crippen molar-refractivity contribution in [3.63, 3.8) is 0 Å². The van der Waals surface area contributed by atoms with Crippen molar-refractivity contribution in [3.8, 4) is 5.69 Å². The summed E-state index contributed by atoms with van der Waals surface area (Å²) < 4.78 is 1.65. The molecule has 5 rings (SSSR count). The summed E-state index contributed by atoms with van der Waals surface area (Å²) >= 11 is 13.0. The second-order valence-electron chi connectivity index (χ2n) is 8.79. The van der Waals surface area contributed by atoms with E-state index >= 15 is 0 Å². The van der Waals surface area contributed by atoms with Crippen molar-refractivity contribution in [2.24, 2.45) is 0 Å². The first kappa shape index (κ1) is 24.8. The molecule has 37 heavy (non-hydrogen) atoms. The number of hydrogen-bond acceptors (Lipinski definition) is 6. The summed E-state index contributed by atoms with van der Waals surface area (Å²) in [5, 5.41) is 9.23. The lowest BCUT2D eigenvalue weighted by Gasteiger charge is -2.19. The van der Waals surface area contributed by atoms with Gasteiger partial charge < -0.3 is 4.90 Å². The highest BCUT2D eigenvalue weighted by molar-refractivity contribution is 6.36. The fourth-order valence-corrected chi connectivity index (χ4v) is 4.82. The zero-order valence-corrected chi connectivity index (χ0v) is 21.5. The average Bonchev–Trinajstić information content (AvgIpc) is 3.37. The first-order chi connectivity index (χ1) is 17.8. The predicted molar refractivity (Wildman–Crippen MR) is 139 cm³/mol. The largest absolute Gasteiger partial charge is 0.302 e. The van der Waals surface area contributed by atoms with Gasteiger partial charge in [-0.25, -0.2) is 0 Å². The van der Waals surface area contributed by atoms with Gasteiger partial charge in [0.1, 0.15) is 0 Å². The lowest BCUT2D eigenvalue weighted by atomic mass is 10.0. The normalized spacial score (nSPS) is 12.9. The molecule has 0 fully saturated rings. The Bertz CT molecular complexity index is 1530. The van der Waals surface area contributed by atoms with Crippen molar-refractivity contribution in [3.05, 3.63) is 111 Å². The monoisotopic (exact) mass is 533 g/mol. The van der Waals surface area contributed by atoms with Crippen LogP contribution in [0.5, 0.6) is 0 Å². The maximum Gasteiger partial charge on any atom is 0.261 e. The van der Waals surface area contributed by atoms with Crippen molar-refractivity contribution in [2.75, 3.05) is 14.1 Å². The number of amides is 2. The molecule has 0 saturated carbocycles. The Hall–Kier alpha value is -3.85. The molecule has 8 nitrogen and oxygen atoms in total. The van der Waals surface area contributed by atoms with E-state index in [1.165, 1.54) is 0 Å². The van der Waals surface area contributed by atoms with E-state index < -0.39 is 11.8 Å². The number of hydrogen-bond donors (Lipinski definition) is 0. The van der Waals surface area contributed by atoms with Crippen LogP contribution < -0.4 is 0 Å². The molecule has 4 aromatic rings. The number of rotatable bonds is 7. The molecular weight excluding hydrogens is 513 g/mol. The molecule has 1 aliphatic rings. The van der Waals surface area contributed by atoms with Crippen LogP contribution in [0.3, 0.4) is 0 Å². The highest BCUT2D eigenvalue weighted by atomic mass is 35.5. The van der Waals surface area contributed by atoms with E-state index in [0.717, 1.165) is 4.90 Å². The molecule has 3 aromatic carbocycles. The van der Waals surface area contributed by atoms with Gasteiger partial charge in [-0.2, -0.15) is 0 Å². The number of aromatic nitrogens is 3. The highest BCUT2D eigenvalue weighted by Crippen LogP contribution is 2.32. The summed E-state index contributed by atoms with van der Waals surface area (Å²) in [6, 6.07) is 18.4. The molecule has 0 N–H and O–H groups in total. The third-order valence-electron chi connectivity index (χ3n) is 6.01. The third kappa shape index (κ3) is 4.44. The van der Waals surface area contributed by atoms with Crippen LogP contribution >= 0.6 is 23.2 Å². The molecule has 186 valence electrons. The molecule has 0 unspecified atom stereocenters. The highest BCUT2D eigenvalue weighted by Gasteiger charge is 2.37. The van der Waals surface area contributed by atoms with E-state index in [9.17, 15) is 14.4 Å². The number of imide groups is 1. The quantitative estimate of drug-likeness (QED) is 0.253. The topological polar surface area (TPSA) is 88.4 Å². The standard InChI is InChI=1S/C27H21Cl2N5O3/c1-32(2)14-22-30-31-23(15-33-26(36)16-8-3-4-9-17(16)27(33)37)34(22)24-19(11-7-13-21(24)29)25(35)18-10-5-6-12-20(18)28/h3-13H,14-15H2,1-2H3. The van der Waals surface area contributed by atoms with Crippen LogP contribution in [-0.2, 0) is 13.1 Å². The van der Waals surface area contributed by atoms with Crippen LogP contribution in [0.15, 0.2) is 66.7 Å². The number of para-hydroxylation sites is 1. The van der Waals surface area contributed by atoms with Crippen LogP contribution in [-0.4, -0.2) is 56.3 Å². The van der Waals surface area contributed by atoms with Gasteiger partial charge in [-0.05, 0) is 50.5 Å². The molecule has 10 heteroatoms. The zero-order chi connectivity index (χ0) is 26.3. The van der Waals surface area contributed by atoms with Crippen LogP contribution in [0.1, 0.15) is 48.3 Å². The Morgan fingerprint density at radius 1 is 0.784 bits per heavy atom. The zero-order valence-electron chi connectivity index (χ0n) is 20.0. The maximum absolute atomic E-state index is 13.7. The Balaban J connectivity index is 1.64. The molecule has 1 aliphatic heterocycles. The predicted octanol–water partition coefficient (Wildman–Crippen LogP) is 4.66. The third-order valence-corrected chi connectivity index (χ3v) is 6.64. The molecule has 1 aromatic heterocycles. The van der Waals surface area contributed by atoms with Crippen molar-refractivity contribution >= 4 is 40.8 Å². The summed E-state index contributed by atoms with van der Waals surface area (Å²) in [6.45, 7) is 0.206. The van der Waals surface area contributed by atoms with Gasteiger partial charge in [-0.3, -0.25) is 23.9 Å². The molecule has 0 spiro atoms. The minimum absolute atomic E-state index is 0.155. The van der Waals surface area contributed by atoms with Crippen LogP contribution in [0.25, 0.3) is 5.69 Å². The lowest BCUT2D eigenvalue weighted by molar-refractivity contribution is 0.0637. The molecule has 0 atom stereocenters. The second-order valence-corrected chi connectivity index (χ2v) is 9.61.